The van der Waals surface area contributed by atoms with E-state index in [4.69, 9.17) is 5.73 Å². The molecule has 1 spiro atoms. The van der Waals surface area contributed by atoms with Crippen LogP contribution >= 0.6 is 0 Å². The molecule has 20 heavy (non-hydrogen) atoms. The summed E-state index contributed by atoms with van der Waals surface area (Å²) in [7, 11) is -3.88. The molecule has 8 heteroatoms. The van der Waals surface area contributed by atoms with Crippen LogP contribution in [0, 0.1) is 0 Å². The fourth-order valence-corrected chi connectivity index (χ4v) is 4.76. The first kappa shape index (κ1) is 13.1. The molecule has 1 aromatic carbocycles. The Labute approximate surface area is 115 Å². The van der Waals surface area contributed by atoms with E-state index in [1.807, 2.05) is 0 Å². The van der Waals surface area contributed by atoms with Gasteiger partial charge < -0.3 is 16.4 Å². The predicted octanol–water partition coefficient (Wildman–Crippen LogP) is -1.00. The third-order valence-corrected chi connectivity index (χ3v) is 6.32. The summed E-state index contributed by atoms with van der Waals surface area (Å²) in [6.45, 7) is -0.122. The molecule has 7 nitrogen and oxygen atoms in total. The molecule has 0 radical (unpaired) electrons. The van der Waals surface area contributed by atoms with Gasteiger partial charge in [0, 0.05) is 13.0 Å². The number of fused-ring (bicyclic) bond motifs is 1. The molecule has 4 N–H and O–H groups in total. The molecule has 0 unspecified atom stereocenters. The van der Waals surface area contributed by atoms with Crippen molar-refractivity contribution in [2.24, 2.45) is 5.73 Å². The molecule has 1 saturated heterocycles. The highest BCUT2D eigenvalue weighted by atomic mass is 32.2. The largest absolute Gasteiger partial charge is 0.368 e. The number of anilines is 1. The zero-order valence-electron chi connectivity index (χ0n) is 10.4. The zero-order valence-corrected chi connectivity index (χ0v) is 11.2. The van der Waals surface area contributed by atoms with Crippen LogP contribution < -0.4 is 16.4 Å². The van der Waals surface area contributed by atoms with Gasteiger partial charge in [-0.25, -0.2) is 8.42 Å². The van der Waals surface area contributed by atoms with E-state index < -0.39 is 32.4 Å². The zero-order chi connectivity index (χ0) is 14.5. The lowest BCUT2D eigenvalue weighted by molar-refractivity contribution is -0.119. The van der Waals surface area contributed by atoms with Crippen LogP contribution in [0.25, 0.3) is 0 Å². The predicted molar refractivity (Wildman–Crippen MR) is 70.6 cm³/mol. The summed E-state index contributed by atoms with van der Waals surface area (Å²) in [4.78, 5) is 23.6. The highest BCUT2D eigenvalue weighted by molar-refractivity contribution is 7.94. The normalized spacial score (nSPS) is 30.8. The van der Waals surface area contributed by atoms with Gasteiger partial charge in [0.25, 0.3) is 0 Å². The Morgan fingerprint density at radius 2 is 2.05 bits per heavy atom. The van der Waals surface area contributed by atoms with E-state index in [0.29, 0.717) is 0 Å². The van der Waals surface area contributed by atoms with E-state index in [-0.39, 0.29) is 23.5 Å². The molecule has 2 heterocycles. The Kier molecular flexibility index (Phi) is 2.63. The lowest BCUT2D eigenvalue weighted by atomic mass is 10.0. The quantitative estimate of drug-likeness (QED) is 0.614. The Morgan fingerprint density at radius 1 is 1.35 bits per heavy atom. The summed E-state index contributed by atoms with van der Waals surface area (Å²) < 4.78 is 23.8. The number of hydrogen-bond acceptors (Lipinski definition) is 5. The van der Waals surface area contributed by atoms with Gasteiger partial charge in [-0.3, -0.25) is 9.59 Å². The molecule has 3 rings (SSSR count). The number of primary amides is 1. The third-order valence-electron chi connectivity index (χ3n) is 3.86. The van der Waals surface area contributed by atoms with E-state index in [1.54, 1.807) is 12.1 Å². The van der Waals surface area contributed by atoms with Gasteiger partial charge in [-0.1, -0.05) is 12.1 Å². The Bertz CT molecular complexity index is 715. The van der Waals surface area contributed by atoms with Crippen LogP contribution in [-0.2, 0) is 19.4 Å². The van der Waals surface area contributed by atoms with Gasteiger partial charge in [0.05, 0.1) is 16.6 Å². The summed E-state index contributed by atoms with van der Waals surface area (Å²) in [5.41, 5.74) is 5.46. The number of amides is 2. The van der Waals surface area contributed by atoms with Crippen molar-refractivity contribution in [3.63, 3.8) is 0 Å². The summed E-state index contributed by atoms with van der Waals surface area (Å²) in [6, 6.07) is 5.40. The molecule has 2 atom stereocenters. The first-order chi connectivity index (χ1) is 9.38. The molecule has 2 amide bonds. The van der Waals surface area contributed by atoms with E-state index in [2.05, 4.69) is 10.6 Å². The molecule has 0 saturated carbocycles. The SMILES string of the molecule is NC(=O)[C@@H]1C[C@@]2(CN1)C(=O)Nc1ccccc1S2(=O)=O. The lowest BCUT2D eigenvalue weighted by Crippen LogP contribution is -2.54. The number of carbonyl (C=O) groups is 2. The summed E-state index contributed by atoms with van der Waals surface area (Å²) in [5, 5.41) is 5.32. The maximum absolute atomic E-state index is 12.8. The van der Waals surface area contributed by atoms with Crippen LogP contribution in [0.15, 0.2) is 29.2 Å². The average Bonchev–Trinajstić information content (AvgIpc) is 2.84. The fraction of sp³-hybridized carbons (Fsp3) is 0.333. The standard InChI is InChI=1S/C12H13N3O4S/c13-10(16)8-5-12(6-14-8)11(17)15-7-3-1-2-4-9(7)20(12,18)19/h1-4,8,14H,5-6H2,(H2,13,16)(H,15,17)/t8-,12+/m0/s1. The highest BCUT2D eigenvalue weighted by Gasteiger charge is 2.59. The molecule has 2 aliphatic heterocycles. The molecule has 2 aliphatic rings. The average molecular weight is 295 g/mol. The molecule has 0 bridgehead atoms. The lowest BCUT2D eigenvalue weighted by Gasteiger charge is -2.32. The molecule has 0 aromatic heterocycles. The number of sulfone groups is 1. The molecule has 1 aromatic rings. The Morgan fingerprint density at radius 3 is 2.70 bits per heavy atom. The first-order valence-electron chi connectivity index (χ1n) is 6.06. The van der Waals surface area contributed by atoms with Crippen molar-refractivity contribution in [1.29, 1.82) is 0 Å². The number of hydrogen-bond donors (Lipinski definition) is 3. The van der Waals surface area contributed by atoms with E-state index in [1.165, 1.54) is 12.1 Å². The number of benzene rings is 1. The molecular weight excluding hydrogens is 282 g/mol. The van der Waals surface area contributed by atoms with Crippen LogP contribution in [0.1, 0.15) is 6.42 Å². The summed E-state index contributed by atoms with van der Waals surface area (Å²) in [5.74, 6) is -1.28. The minimum Gasteiger partial charge on any atom is -0.368 e. The second kappa shape index (κ2) is 4.03. The molecular formula is C12H13N3O4S. The van der Waals surface area contributed by atoms with Gasteiger partial charge in [0.15, 0.2) is 14.6 Å². The second-order valence-electron chi connectivity index (χ2n) is 4.99. The minimum atomic E-state index is -3.88. The molecule has 106 valence electrons. The van der Waals surface area contributed by atoms with Gasteiger partial charge in [-0.2, -0.15) is 0 Å². The van der Waals surface area contributed by atoms with Crippen LogP contribution in [0.2, 0.25) is 0 Å². The van der Waals surface area contributed by atoms with Gasteiger partial charge in [-0.15, -0.1) is 0 Å². The smallest absolute Gasteiger partial charge is 0.247 e. The Hall–Kier alpha value is -1.93. The van der Waals surface area contributed by atoms with Crippen molar-refractivity contribution < 1.29 is 18.0 Å². The van der Waals surface area contributed by atoms with E-state index in [9.17, 15) is 18.0 Å². The number of nitrogens with two attached hydrogens (primary N) is 1. The van der Waals surface area contributed by atoms with Gasteiger partial charge in [-0.05, 0) is 12.1 Å². The maximum Gasteiger partial charge on any atom is 0.247 e. The highest BCUT2D eigenvalue weighted by Crippen LogP contribution is 2.41. The minimum absolute atomic E-state index is 0.0755. The van der Waals surface area contributed by atoms with Crippen molar-refractivity contribution in [2.45, 2.75) is 22.1 Å². The van der Waals surface area contributed by atoms with Crippen LogP contribution in [0.4, 0.5) is 5.69 Å². The van der Waals surface area contributed by atoms with Crippen molar-refractivity contribution >= 4 is 27.3 Å². The van der Waals surface area contributed by atoms with Crippen LogP contribution in [0.5, 0.6) is 0 Å². The maximum atomic E-state index is 12.8. The molecule has 1 fully saturated rings. The number of para-hydroxylation sites is 1. The van der Waals surface area contributed by atoms with Crippen LogP contribution in [-0.4, -0.2) is 37.6 Å². The topological polar surface area (TPSA) is 118 Å². The van der Waals surface area contributed by atoms with E-state index >= 15 is 0 Å². The van der Waals surface area contributed by atoms with Crippen molar-refractivity contribution in [3.8, 4) is 0 Å². The van der Waals surface area contributed by atoms with E-state index in [0.717, 1.165) is 0 Å². The summed E-state index contributed by atoms with van der Waals surface area (Å²) in [6.07, 6.45) is -0.148. The van der Waals surface area contributed by atoms with Crippen molar-refractivity contribution in [3.05, 3.63) is 24.3 Å². The number of carbonyl (C=O) groups excluding carboxylic acids is 2. The van der Waals surface area contributed by atoms with Gasteiger partial charge >= 0.3 is 0 Å². The van der Waals surface area contributed by atoms with Gasteiger partial charge in [0.2, 0.25) is 11.8 Å². The first-order valence-corrected chi connectivity index (χ1v) is 7.55. The molecule has 0 aliphatic carbocycles. The van der Waals surface area contributed by atoms with Gasteiger partial charge in [0.1, 0.15) is 0 Å². The number of nitrogens with one attached hydrogen (secondary N) is 2. The number of rotatable bonds is 1. The monoisotopic (exact) mass is 295 g/mol. The fourth-order valence-electron chi connectivity index (χ4n) is 2.71. The van der Waals surface area contributed by atoms with Crippen molar-refractivity contribution in [2.75, 3.05) is 11.9 Å². The second-order valence-corrected chi connectivity index (χ2v) is 7.22. The Balaban J connectivity index is 2.15. The van der Waals surface area contributed by atoms with Crippen LogP contribution in [0.3, 0.4) is 0 Å². The summed E-state index contributed by atoms with van der Waals surface area (Å²) >= 11 is 0. The third kappa shape index (κ3) is 1.52. The van der Waals surface area contributed by atoms with Crippen molar-refractivity contribution in [1.82, 2.24) is 5.32 Å².